The van der Waals surface area contributed by atoms with Crippen LogP contribution in [0, 0.1) is 6.92 Å². The van der Waals surface area contributed by atoms with Gasteiger partial charge in [-0.15, -0.1) is 0 Å². The summed E-state index contributed by atoms with van der Waals surface area (Å²) >= 11 is 0. The van der Waals surface area contributed by atoms with Gasteiger partial charge in [0.1, 0.15) is 6.54 Å². The minimum atomic E-state index is -3.97. The summed E-state index contributed by atoms with van der Waals surface area (Å²) in [6.45, 7) is 3.42. The number of pyridine rings is 1. The SMILES string of the molecule is CCc1ccccc1N(CC(=O)N/N=C\c1cccnc1)S(=O)(=O)c1ccc(C)cc1. The summed E-state index contributed by atoms with van der Waals surface area (Å²) in [6.07, 6.45) is 5.30. The Morgan fingerprint density at radius 2 is 1.84 bits per heavy atom. The van der Waals surface area contributed by atoms with Crippen molar-refractivity contribution in [1.29, 1.82) is 0 Å². The fourth-order valence-electron chi connectivity index (χ4n) is 2.99. The number of carbonyl (C=O) groups is 1. The summed E-state index contributed by atoms with van der Waals surface area (Å²) in [4.78, 5) is 16.7. The van der Waals surface area contributed by atoms with Crippen molar-refractivity contribution in [3.8, 4) is 0 Å². The molecule has 160 valence electrons. The minimum Gasteiger partial charge on any atom is -0.271 e. The smallest absolute Gasteiger partial charge is 0.264 e. The van der Waals surface area contributed by atoms with E-state index in [0.717, 1.165) is 15.4 Å². The molecule has 31 heavy (non-hydrogen) atoms. The molecular formula is C23H24N4O3S. The van der Waals surface area contributed by atoms with Gasteiger partial charge in [0.25, 0.3) is 15.9 Å². The van der Waals surface area contributed by atoms with Crippen molar-refractivity contribution >= 4 is 27.8 Å². The van der Waals surface area contributed by atoms with Crippen LogP contribution in [0.25, 0.3) is 0 Å². The third-order valence-electron chi connectivity index (χ3n) is 4.62. The first-order valence-electron chi connectivity index (χ1n) is 9.81. The van der Waals surface area contributed by atoms with Gasteiger partial charge in [-0.1, -0.05) is 48.9 Å². The van der Waals surface area contributed by atoms with E-state index < -0.39 is 22.5 Å². The van der Waals surface area contributed by atoms with E-state index in [4.69, 9.17) is 0 Å². The first-order chi connectivity index (χ1) is 14.9. The van der Waals surface area contributed by atoms with Crippen LogP contribution in [-0.2, 0) is 21.2 Å². The number of rotatable bonds is 8. The van der Waals surface area contributed by atoms with Crippen LogP contribution in [-0.4, -0.2) is 32.1 Å². The molecule has 1 heterocycles. The van der Waals surface area contributed by atoms with E-state index in [2.05, 4.69) is 15.5 Å². The molecule has 3 aromatic rings. The highest BCUT2D eigenvalue weighted by molar-refractivity contribution is 7.92. The fraction of sp³-hybridized carbons (Fsp3) is 0.174. The van der Waals surface area contributed by atoms with Crippen LogP contribution >= 0.6 is 0 Å². The largest absolute Gasteiger partial charge is 0.271 e. The van der Waals surface area contributed by atoms with Gasteiger partial charge in [-0.2, -0.15) is 5.10 Å². The molecule has 0 atom stereocenters. The first-order valence-corrected chi connectivity index (χ1v) is 11.2. The topological polar surface area (TPSA) is 91.7 Å². The summed E-state index contributed by atoms with van der Waals surface area (Å²) in [5.41, 5.74) is 5.35. The Hall–Kier alpha value is -3.52. The zero-order chi connectivity index (χ0) is 22.3. The molecule has 0 radical (unpaired) electrons. The van der Waals surface area contributed by atoms with Gasteiger partial charge in [-0.05, 0) is 43.2 Å². The van der Waals surface area contributed by atoms with E-state index in [9.17, 15) is 13.2 Å². The van der Waals surface area contributed by atoms with Crippen molar-refractivity contribution in [2.45, 2.75) is 25.2 Å². The van der Waals surface area contributed by atoms with E-state index in [1.807, 2.05) is 26.0 Å². The van der Waals surface area contributed by atoms with Gasteiger partial charge in [0, 0.05) is 18.0 Å². The lowest BCUT2D eigenvalue weighted by molar-refractivity contribution is -0.119. The van der Waals surface area contributed by atoms with Gasteiger partial charge in [-0.3, -0.25) is 14.1 Å². The van der Waals surface area contributed by atoms with E-state index in [0.29, 0.717) is 17.7 Å². The summed E-state index contributed by atoms with van der Waals surface area (Å²) < 4.78 is 28.0. The molecule has 3 rings (SSSR count). The van der Waals surface area contributed by atoms with Gasteiger partial charge in [0.15, 0.2) is 0 Å². The molecule has 0 saturated carbocycles. The number of aryl methyl sites for hydroxylation is 2. The second kappa shape index (κ2) is 9.99. The molecule has 0 aliphatic rings. The molecule has 0 saturated heterocycles. The van der Waals surface area contributed by atoms with E-state index in [1.165, 1.54) is 6.21 Å². The van der Waals surface area contributed by atoms with Crippen LogP contribution in [0.5, 0.6) is 0 Å². The van der Waals surface area contributed by atoms with Crippen LogP contribution in [0.15, 0.2) is 83.1 Å². The van der Waals surface area contributed by atoms with Crippen molar-refractivity contribution in [2.75, 3.05) is 10.8 Å². The highest BCUT2D eigenvalue weighted by atomic mass is 32.2. The second-order valence-electron chi connectivity index (χ2n) is 6.89. The molecule has 0 aliphatic carbocycles. The number of carbonyl (C=O) groups excluding carboxylic acids is 1. The molecule has 7 nitrogen and oxygen atoms in total. The lowest BCUT2D eigenvalue weighted by atomic mass is 10.1. The zero-order valence-electron chi connectivity index (χ0n) is 17.4. The fourth-order valence-corrected chi connectivity index (χ4v) is 4.45. The maximum atomic E-state index is 13.4. The summed E-state index contributed by atoms with van der Waals surface area (Å²) in [5, 5.41) is 3.91. The lowest BCUT2D eigenvalue weighted by Gasteiger charge is -2.25. The van der Waals surface area contributed by atoms with Crippen molar-refractivity contribution in [3.63, 3.8) is 0 Å². The standard InChI is InChI=1S/C23H24N4O3S/c1-3-20-8-4-5-9-22(20)27(31(29,30)21-12-10-18(2)11-13-21)17-23(28)26-25-16-19-7-6-14-24-15-19/h4-16H,3,17H2,1-2H3,(H,26,28)/b25-16-. The normalized spacial score (nSPS) is 11.4. The Balaban J connectivity index is 1.90. The zero-order valence-corrected chi connectivity index (χ0v) is 18.2. The Kier molecular flexibility index (Phi) is 7.15. The maximum Gasteiger partial charge on any atom is 0.264 e. The van der Waals surface area contributed by atoms with Crippen LogP contribution in [0.1, 0.15) is 23.6 Å². The van der Waals surface area contributed by atoms with Crippen LogP contribution in [0.3, 0.4) is 0 Å². The van der Waals surface area contributed by atoms with Crippen LogP contribution in [0.4, 0.5) is 5.69 Å². The minimum absolute atomic E-state index is 0.121. The average Bonchev–Trinajstić information content (AvgIpc) is 2.78. The third-order valence-corrected chi connectivity index (χ3v) is 6.40. The Labute approximate surface area is 182 Å². The predicted molar refractivity (Wildman–Crippen MR) is 122 cm³/mol. The molecule has 8 heteroatoms. The molecule has 0 aliphatic heterocycles. The van der Waals surface area contributed by atoms with Gasteiger partial charge >= 0.3 is 0 Å². The molecule has 0 unspecified atom stereocenters. The molecule has 0 fully saturated rings. The number of nitrogens with one attached hydrogen (secondary N) is 1. The highest BCUT2D eigenvalue weighted by Crippen LogP contribution is 2.27. The third kappa shape index (κ3) is 5.55. The van der Waals surface area contributed by atoms with Gasteiger partial charge in [-0.25, -0.2) is 13.8 Å². The molecule has 2 aromatic carbocycles. The number of nitrogens with zero attached hydrogens (tertiary/aromatic N) is 3. The molecule has 0 spiro atoms. The van der Waals surface area contributed by atoms with Crippen molar-refractivity contribution in [1.82, 2.24) is 10.4 Å². The number of hydrogen-bond acceptors (Lipinski definition) is 5. The maximum absolute atomic E-state index is 13.4. The van der Waals surface area contributed by atoms with Crippen molar-refractivity contribution < 1.29 is 13.2 Å². The number of sulfonamides is 1. The quantitative estimate of drug-likeness (QED) is 0.433. The van der Waals surface area contributed by atoms with Gasteiger partial charge in [0.05, 0.1) is 16.8 Å². The average molecular weight is 437 g/mol. The number of anilines is 1. The van der Waals surface area contributed by atoms with Crippen molar-refractivity contribution in [3.05, 3.63) is 89.7 Å². The number of amides is 1. The summed E-state index contributed by atoms with van der Waals surface area (Å²) in [6, 6.07) is 17.2. The Bertz CT molecular complexity index is 1160. The first kappa shape index (κ1) is 22.2. The molecule has 0 bridgehead atoms. The Morgan fingerprint density at radius 3 is 2.52 bits per heavy atom. The lowest BCUT2D eigenvalue weighted by Crippen LogP contribution is -2.40. The molecule has 1 aromatic heterocycles. The Morgan fingerprint density at radius 1 is 1.10 bits per heavy atom. The molecular weight excluding hydrogens is 412 g/mol. The molecule has 1 amide bonds. The molecule has 1 N–H and O–H groups in total. The summed E-state index contributed by atoms with van der Waals surface area (Å²) in [5.74, 6) is -0.554. The number of para-hydroxylation sites is 1. The number of hydrogen-bond donors (Lipinski definition) is 1. The van der Waals surface area contributed by atoms with Crippen LogP contribution < -0.4 is 9.73 Å². The second-order valence-corrected chi connectivity index (χ2v) is 8.75. The summed E-state index contributed by atoms with van der Waals surface area (Å²) in [7, 11) is -3.97. The monoisotopic (exact) mass is 436 g/mol. The highest BCUT2D eigenvalue weighted by Gasteiger charge is 2.28. The number of benzene rings is 2. The van der Waals surface area contributed by atoms with Crippen LogP contribution in [0.2, 0.25) is 0 Å². The van der Waals surface area contributed by atoms with E-state index in [1.54, 1.807) is 60.9 Å². The van der Waals surface area contributed by atoms with E-state index in [-0.39, 0.29) is 4.90 Å². The number of hydrazone groups is 1. The number of aromatic nitrogens is 1. The van der Waals surface area contributed by atoms with Crippen molar-refractivity contribution in [2.24, 2.45) is 5.10 Å². The predicted octanol–water partition coefficient (Wildman–Crippen LogP) is 3.30. The van der Waals surface area contributed by atoms with Gasteiger partial charge in [0.2, 0.25) is 0 Å². The van der Waals surface area contributed by atoms with E-state index >= 15 is 0 Å². The van der Waals surface area contributed by atoms with Gasteiger partial charge < -0.3 is 0 Å².